The number of hydrogen-bond acceptors (Lipinski definition) is 8. The number of benzene rings is 4. The maximum atomic E-state index is 10.9. The van der Waals surface area contributed by atoms with Gasteiger partial charge >= 0.3 is 0 Å². The predicted molar refractivity (Wildman–Crippen MR) is 358 cm³/mol. The normalized spacial score (nSPS) is 23.3. The molecule has 4 aromatic rings. The average molecular weight is 1170 g/mol. The van der Waals surface area contributed by atoms with Crippen LogP contribution < -0.4 is 0 Å². The van der Waals surface area contributed by atoms with Crippen LogP contribution in [0, 0.1) is 74.0 Å². The van der Waals surface area contributed by atoms with E-state index in [-0.39, 0.29) is 82.5 Å². The van der Waals surface area contributed by atoms with E-state index in [0.717, 1.165) is 90.3 Å². The second-order valence-electron chi connectivity index (χ2n) is 28.7. The molecule has 0 heterocycles. The second-order valence-corrected chi connectivity index (χ2v) is 28.7. The summed E-state index contributed by atoms with van der Waals surface area (Å²) in [5, 5.41) is 83.2. The highest BCUT2D eigenvalue weighted by Gasteiger charge is 2.37. The fourth-order valence-corrected chi connectivity index (χ4v) is 14.8. The first kappa shape index (κ1) is 72.0. The van der Waals surface area contributed by atoms with Gasteiger partial charge in [0.25, 0.3) is 0 Å². The van der Waals surface area contributed by atoms with Gasteiger partial charge in [-0.2, -0.15) is 0 Å². The lowest BCUT2D eigenvalue weighted by atomic mass is 9.67. The van der Waals surface area contributed by atoms with Crippen molar-refractivity contribution in [3.8, 4) is 46.0 Å². The van der Waals surface area contributed by atoms with Crippen LogP contribution in [0.1, 0.15) is 269 Å². The molecule has 8 rings (SSSR count). The van der Waals surface area contributed by atoms with Crippen molar-refractivity contribution < 1.29 is 40.9 Å². The minimum atomic E-state index is -0.0446. The molecular weight excluding hydrogens is 1050 g/mol. The lowest BCUT2D eigenvalue weighted by Crippen LogP contribution is -2.26. The van der Waals surface area contributed by atoms with E-state index in [2.05, 4.69) is 122 Å². The molecule has 0 amide bonds. The highest BCUT2D eigenvalue weighted by molar-refractivity contribution is 5.54. The molecule has 0 radical (unpaired) electrons. The predicted octanol–water partition coefficient (Wildman–Crippen LogP) is 21.7. The zero-order chi connectivity index (χ0) is 62.7. The highest BCUT2D eigenvalue weighted by atomic mass is 16.3. The van der Waals surface area contributed by atoms with E-state index in [1.807, 2.05) is 32.9 Å². The Bertz CT molecular complexity index is 2780. The highest BCUT2D eigenvalue weighted by Crippen LogP contribution is 2.52. The van der Waals surface area contributed by atoms with Crippen molar-refractivity contribution in [2.75, 3.05) is 0 Å². The minimum Gasteiger partial charge on any atom is -0.508 e. The largest absolute Gasteiger partial charge is 0.508 e. The van der Waals surface area contributed by atoms with E-state index in [1.54, 1.807) is 36.4 Å². The van der Waals surface area contributed by atoms with Crippen molar-refractivity contribution in [1.29, 1.82) is 0 Å². The quantitative estimate of drug-likeness (QED) is 0.0457. The molecular formula is C77H118O8. The van der Waals surface area contributed by atoms with Crippen molar-refractivity contribution in [1.82, 2.24) is 0 Å². The summed E-state index contributed by atoms with van der Waals surface area (Å²) in [4.78, 5) is 0. The molecule has 1 fully saturated rings. The zero-order valence-electron chi connectivity index (χ0n) is 55.3. The zero-order valence-corrected chi connectivity index (χ0v) is 55.3. The van der Waals surface area contributed by atoms with Crippen molar-refractivity contribution in [3.05, 3.63) is 128 Å². The topological polar surface area (TPSA) is 162 Å². The van der Waals surface area contributed by atoms with Gasteiger partial charge in [0.05, 0.1) is 0 Å². The molecule has 8 unspecified atom stereocenters. The number of phenolic OH excluding ortho intramolecular Hbond substituents is 8. The van der Waals surface area contributed by atoms with Gasteiger partial charge in [-0.15, -0.1) is 0 Å². The molecule has 8 heteroatoms. The molecule has 85 heavy (non-hydrogen) atoms. The molecule has 474 valence electrons. The Labute approximate surface area is 516 Å². The van der Waals surface area contributed by atoms with Crippen molar-refractivity contribution in [3.63, 3.8) is 0 Å². The van der Waals surface area contributed by atoms with E-state index in [1.165, 1.54) is 55.2 Å². The summed E-state index contributed by atoms with van der Waals surface area (Å²) in [5.41, 5.74) is 10.7. The summed E-state index contributed by atoms with van der Waals surface area (Å²) in [6, 6.07) is 14.3. The Morgan fingerprint density at radius 3 is 1.21 bits per heavy atom. The van der Waals surface area contributed by atoms with Crippen LogP contribution in [-0.2, 0) is 5.41 Å². The standard InChI is InChI=1S/C25H40O2.C17H26O2.2C17H24O2.CH4/c1-7-8-9-10-13-25(5,6)19-15-22(26)24(23(27)16-19)21-14-18(4)11-12-20(21)17(2)3;3*1-10(2)13-6-5-11(3)7-14(13)17-15(18)8-12(4)9-16(17)19;/h14-17,20-21,26-27H,7-13H2,1-6H3;8-11,13-14,18-19H,5-7H2,1-4H3;7-10,13-14,18-19H,5-6H2,1-4H3;5,8-10,13-14,18-19H,6-7H2,1-4H3;1H4/t;11-,13?,14?;;;/m.1.../s1. The van der Waals surface area contributed by atoms with Gasteiger partial charge in [0.2, 0.25) is 0 Å². The van der Waals surface area contributed by atoms with Crippen LogP contribution in [-0.4, -0.2) is 40.9 Å². The molecule has 4 aromatic carbocycles. The summed E-state index contributed by atoms with van der Waals surface area (Å²) >= 11 is 0. The average Bonchev–Trinajstić information content (AvgIpc) is 3.53. The first-order valence-electron chi connectivity index (χ1n) is 32.5. The molecule has 4 aliphatic carbocycles. The fraction of sp³-hybridized carbons (Fsp3) is 0.610. The summed E-state index contributed by atoms with van der Waals surface area (Å²) < 4.78 is 0. The molecule has 0 saturated heterocycles. The maximum absolute atomic E-state index is 10.9. The van der Waals surface area contributed by atoms with Crippen LogP contribution in [0.5, 0.6) is 46.0 Å². The molecule has 9 atom stereocenters. The van der Waals surface area contributed by atoms with Gasteiger partial charge in [-0.3, -0.25) is 0 Å². The smallest absolute Gasteiger partial charge is 0.123 e. The van der Waals surface area contributed by atoms with E-state index < -0.39 is 0 Å². The van der Waals surface area contributed by atoms with E-state index in [9.17, 15) is 40.9 Å². The molecule has 0 aliphatic heterocycles. The third kappa shape index (κ3) is 19.0. The summed E-state index contributed by atoms with van der Waals surface area (Å²) in [6.07, 6.45) is 22.7. The van der Waals surface area contributed by atoms with Gasteiger partial charge < -0.3 is 40.9 Å². The monoisotopic (exact) mass is 1170 g/mol. The Morgan fingerprint density at radius 1 is 0.447 bits per heavy atom. The second kappa shape index (κ2) is 31.9. The number of aryl methyl sites for hydroxylation is 3. The lowest BCUT2D eigenvalue weighted by Gasteiger charge is -2.38. The summed E-state index contributed by atoms with van der Waals surface area (Å²) in [7, 11) is 0. The summed E-state index contributed by atoms with van der Waals surface area (Å²) in [6.45, 7) is 38.9. The first-order valence-corrected chi connectivity index (χ1v) is 32.5. The molecule has 8 nitrogen and oxygen atoms in total. The van der Waals surface area contributed by atoms with Gasteiger partial charge in [0.1, 0.15) is 46.0 Å². The van der Waals surface area contributed by atoms with Gasteiger partial charge in [-0.25, -0.2) is 0 Å². The number of rotatable bonds is 14. The Balaban J connectivity index is 0.000000245. The Kier molecular flexibility index (Phi) is 27.0. The number of phenols is 8. The van der Waals surface area contributed by atoms with Crippen LogP contribution in [0.25, 0.3) is 0 Å². The number of aromatic hydroxyl groups is 8. The van der Waals surface area contributed by atoms with Crippen LogP contribution in [0.4, 0.5) is 0 Å². The number of unbranched alkanes of at least 4 members (excludes halogenated alkanes) is 3. The molecule has 0 bridgehead atoms. The Hall–Kier alpha value is -5.50. The van der Waals surface area contributed by atoms with Crippen LogP contribution >= 0.6 is 0 Å². The molecule has 0 aromatic heterocycles. The third-order valence-electron chi connectivity index (χ3n) is 19.8. The van der Waals surface area contributed by atoms with Crippen molar-refractivity contribution in [2.24, 2.45) is 53.3 Å². The van der Waals surface area contributed by atoms with Crippen LogP contribution in [0.2, 0.25) is 0 Å². The molecule has 1 saturated carbocycles. The number of allylic oxidation sites excluding steroid dienone is 6. The van der Waals surface area contributed by atoms with Gasteiger partial charge in [-0.05, 0) is 241 Å². The maximum Gasteiger partial charge on any atom is 0.123 e. The van der Waals surface area contributed by atoms with Gasteiger partial charge in [0.15, 0.2) is 0 Å². The molecule has 8 N–H and O–H groups in total. The van der Waals surface area contributed by atoms with E-state index >= 15 is 0 Å². The fourth-order valence-electron chi connectivity index (χ4n) is 14.8. The molecule has 4 aliphatic rings. The van der Waals surface area contributed by atoms with Gasteiger partial charge in [0, 0.05) is 34.1 Å². The SMILES string of the molecule is C.CC1=CC(c2c(O)cc(C)cc2O)C(C(C)C)CC1.CC1=CCC(C(C)C)C(c2c(O)cc(C)cc2O)C1.CCCCCCC(C)(C)c1cc(O)c(C2C=C(C)CCC2C(C)C)c(O)c1.Cc1cc(O)c(C2C[C@H](C)CCC2C(C)C)c(O)c1. The van der Waals surface area contributed by atoms with Crippen molar-refractivity contribution >= 4 is 0 Å². The third-order valence-corrected chi connectivity index (χ3v) is 19.8. The molecule has 0 spiro atoms. The minimum absolute atomic E-state index is 0. The van der Waals surface area contributed by atoms with Gasteiger partial charge in [-0.1, -0.05) is 158 Å². The lowest BCUT2D eigenvalue weighted by molar-refractivity contribution is 0.192. The summed E-state index contributed by atoms with van der Waals surface area (Å²) in [5.74, 6) is 7.48. The Morgan fingerprint density at radius 2 is 0.824 bits per heavy atom. The van der Waals surface area contributed by atoms with E-state index in [4.69, 9.17) is 0 Å². The van der Waals surface area contributed by atoms with Crippen LogP contribution in [0.15, 0.2) is 83.5 Å². The van der Waals surface area contributed by atoms with Crippen molar-refractivity contribution in [2.45, 2.75) is 251 Å². The van der Waals surface area contributed by atoms with Crippen LogP contribution in [0.3, 0.4) is 0 Å². The first-order chi connectivity index (χ1) is 39.4. The van der Waals surface area contributed by atoms with E-state index in [0.29, 0.717) is 58.8 Å². The number of hydrogen-bond donors (Lipinski definition) is 8.